The van der Waals surface area contributed by atoms with Gasteiger partial charge in [0.2, 0.25) is 5.91 Å². The Hall–Kier alpha value is -2.43. The zero-order valence-electron chi connectivity index (χ0n) is 34.0. The second-order valence-electron chi connectivity index (χ2n) is 14.4. The van der Waals surface area contributed by atoms with Crippen LogP contribution in [0.15, 0.2) is 85.1 Å². The summed E-state index contributed by atoms with van der Waals surface area (Å²) >= 11 is 0. The van der Waals surface area contributed by atoms with Crippen molar-refractivity contribution in [2.75, 3.05) is 6.61 Å². The van der Waals surface area contributed by atoms with E-state index in [4.69, 9.17) is 0 Å². The van der Waals surface area contributed by atoms with Gasteiger partial charge in [-0.15, -0.1) is 0 Å². The number of rotatable bonds is 38. The van der Waals surface area contributed by atoms with Crippen LogP contribution < -0.4 is 5.32 Å². The number of carbonyl (C=O) groups is 1. The van der Waals surface area contributed by atoms with E-state index in [9.17, 15) is 15.0 Å². The number of carbonyl (C=O) groups excluding carboxylic acids is 1. The molecule has 0 fully saturated rings. The predicted octanol–water partition coefficient (Wildman–Crippen LogP) is 13.7. The average molecular weight is 722 g/mol. The van der Waals surface area contributed by atoms with E-state index >= 15 is 0 Å². The molecule has 298 valence electrons. The largest absolute Gasteiger partial charge is 0.394 e. The van der Waals surface area contributed by atoms with Gasteiger partial charge in [0, 0.05) is 6.42 Å². The summed E-state index contributed by atoms with van der Waals surface area (Å²) < 4.78 is 0. The normalized spacial score (nSPS) is 13.8. The zero-order chi connectivity index (χ0) is 37.8. The van der Waals surface area contributed by atoms with E-state index in [-0.39, 0.29) is 12.5 Å². The fraction of sp³-hybridized carbons (Fsp3) is 0.688. The lowest BCUT2D eigenvalue weighted by Gasteiger charge is -2.19. The van der Waals surface area contributed by atoms with Crippen molar-refractivity contribution < 1.29 is 15.0 Å². The first-order valence-electron chi connectivity index (χ1n) is 21.8. The molecule has 0 aliphatic carbocycles. The molecule has 0 heterocycles. The van der Waals surface area contributed by atoms with E-state index in [0.29, 0.717) is 6.42 Å². The average Bonchev–Trinajstić information content (AvgIpc) is 3.15. The molecule has 0 aromatic carbocycles. The maximum Gasteiger partial charge on any atom is 0.220 e. The minimum Gasteiger partial charge on any atom is -0.394 e. The number of unbranched alkanes of at least 4 members (excludes halogenated alkanes) is 19. The summed E-state index contributed by atoms with van der Waals surface area (Å²) in [6, 6.07) is -0.646. The number of aliphatic hydroxyl groups excluding tert-OH is 2. The highest BCUT2D eigenvalue weighted by atomic mass is 16.3. The molecular formula is C48H83NO3. The molecule has 0 aliphatic heterocycles. The third-order valence-electron chi connectivity index (χ3n) is 9.36. The molecule has 0 aliphatic rings. The van der Waals surface area contributed by atoms with Crippen LogP contribution in [0, 0.1) is 0 Å². The summed E-state index contributed by atoms with van der Waals surface area (Å²) in [6.07, 6.45) is 62.6. The molecular weight excluding hydrogens is 639 g/mol. The molecule has 0 aromatic rings. The van der Waals surface area contributed by atoms with Gasteiger partial charge in [-0.1, -0.05) is 195 Å². The van der Waals surface area contributed by atoms with Crippen molar-refractivity contribution in [1.82, 2.24) is 5.32 Å². The van der Waals surface area contributed by atoms with Gasteiger partial charge >= 0.3 is 0 Å². The molecule has 52 heavy (non-hydrogen) atoms. The Morgan fingerprint density at radius 1 is 0.481 bits per heavy atom. The number of aliphatic hydroxyl groups is 2. The Kier molecular flexibility index (Phi) is 41.0. The highest BCUT2D eigenvalue weighted by molar-refractivity contribution is 5.76. The first-order chi connectivity index (χ1) is 25.7. The zero-order valence-corrected chi connectivity index (χ0v) is 34.0. The number of amides is 1. The lowest BCUT2D eigenvalue weighted by molar-refractivity contribution is -0.123. The number of hydrogen-bond donors (Lipinski definition) is 3. The molecule has 0 saturated carbocycles. The molecule has 2 unspecified atom stereocenters. The molecule has 0 rings (SSSR count). The number of hydrogen-bond acceptors (Lipinski definition) is 3. The van der Waals surface area contributed by atoms with Crippen molar-refractivity contribution in [3.05, 3.63) is 85.1 Å². The van der Waals surface area contributed by atoms with Gasteiger partial charge in [-0.2, -0.15) is 0 Å². The molecule has 4 heteroatoms. The highest BCUT2D eigenvalue weighted by Gasteiger charge is 2.17. The number of nitrogens with one attached hydrogen (secondary N) is 1. The van der Waals surface area contributed by atoms with Crippen molar-refractivity contribution in [3.8, 4) is 0 Å². The van der Waals surface area contributed by atoms with Gasteiger partial charge in [0.1, 0.15) is 0 Å². The molecule has 0 aromatic heterocycles. The highest BCUT2D eigenvalue weighted by Crippen LogP contribution is 2.13. The van der Waals surface area contributed by atoms with Crippen molar-refractivity contribution >= 4 is 5.91 Å². The Bertz CT molecular complexity index is 957. The van der Waals surface area contributed by atoms with Crippen LogP contribution >= 0.6 is 0 Å². The summed E-state index contributed by atoms with van der Waals surface area (Å²) in [7, 11) is 0. The van der Waals surface area contributed by atoms with E-state index in [1.165, 1.54) is 103 Å². The predicted molar refractivity (Wildman–Crippen MR) is 230 cm³/mol. The molecule has 1 amide bonds. The summed E-state index contributed by atoms with van der Waals surface area (Å²) in [5.41, 5.74) is 0. The van der Waals surface area contributed by atoms with Gasteiger partial charge in [0.05, 0.1) is 18.8 Å². The van der Waals surface area contributed by atoms with Crippen LogP contribution in [0.2, 0.25) is 0 Å². The minimum atomic E-state index is -0.869. The summed E-state index contributed by atoms with van der Waals surface area (Å²) in [4.78, 5) is 12.4. The molecule has 0 bridgehead atoms. The Labute approximate surface area is 322 Å². The van der Waals surface area contributed by atoms with Crippen LogP contribution in [-0.2, 0) is 4.79 Å². The molecule has 3 N–H and O–H groups in total. The van der Waals surface area contributed by atoms with Gasteiger partial charge in [-0.05, 0) is 77.0 Å². The Balaban J connectivity index is 3.65. The smallest absolute Gasteiger partial charge is 0.220 e. The standard InChI is InChI=1S/C48H83NO3/c1-3-5-7-9-11-13-15-17-19-20-21-22-23-24-25-26-27-28-30-32-34-36-38-40-42-44-48(52)49-46(45-50)47(51)43-41-39-37-35-33-31-29-18-16-14-12-10-8-6-4-2/h5,7,11,13,17,19,21-22,24-25,33,35,41,43,46-47,50-51H,3-4,6,8-10,12,14-16,18,20,23,26-32,34,36-40,42,44-45H2,1-2H3,(H,49,52)/b7-5-,13-11-,19-17-,22-21-,25-24-,35-33+,43-41+. The van der Waals surface area contributed by atoms with Gasteiger partial charge in [-0.25, -0.2) is 0 Å². The SMILES string of the molecule is CC/C=C\C/C=C\C/C=C\C/C=C\C/C=C\CCCCCCCCCCCC(=O)NC(CO)C(O)/C=C/CC/C=C/CCCCCCCCCCC. The third-order valence-corrected chi connectivity index (χ3v) is 9.36. The summed E-state index contributed by atoms with van der Waals surface area (Å²) in [6.45, 7) is 4.16. The van der Waals surface area contributed by atoms with Crippen molar-refractivity contribution in [2.45, 2.75) is 206 Å². The van der Waals surface area contributed by atoms with Gasteiger partial charge in [0.25, 0.3) is 0 Å². The molecule has 4 nitrogen and oxygen atoms in total. The lowest BCUT2D eigenvalue weighted by atomic mass is 10.1. The maximum atomic E-state index is 12.4. The van der Waals surface area contributed by atoms with Gasteiger partial charge in [-0.3, -0.25) is 4.79 Å². The van der Waals surface area contributed by atoms with Gasteiger partial charge in [0.15, 0.2) is 0 Å². The van der Waals surface area contributed by atoms with E-state index in [0.717, 1.165) is 70.6 Å². The van der Waals surface area contributed by atoms with Crippen molar-refractivity contribution in [2.24, 2.45) is 0 Å². The monoisotopic (exact) mass is 722 g/mol. The fourth-order valence-electron chi connectivity index (χ4n) is 6.04. The number of allylic oxidation sites excluding steroid dienone is 13. The van der Waals surface area contributed by atoms with Crippen LogP contribution in [-0.4, -0.2) is 34.9 Å². The van der Waals surface area contributed by atoms with Crippen LogP contribution in [0.1, 0.15) is 194 Å². The van der Waals surface area contributed by atoms with E-state index in [1.807, 2.05) is 6.08 Å². The van der Waals surface area contributed by atoms with Crippen LogP contribution in [0.3, 0.4) is 0 Å². The summed E-state index contributed by atoms with van der Waals surface area (Å²) in [5, 5.41) is 23.0. The molecule has 0 spiro atoms. The van der Waals surface area contributed by atoms with E-state index in [2.05, 4.69) is 92.1 Å². The summed E-state index contributed by atoms with van der Waals surface area (Å²) in [5.74, 6) is -0.0848. The van der Waals surface area contributed by atoms with Crippen LogP contribution in [0.25, 0.3) is 0 Å². The molecule has 0 radical (unpaired) electrons. The van der Waals surface area contributed by atoms with Crippen molar-refractivity contribution in [3.63, 3.8) is 0 Å². The minimum absolute atomic E-state index is 0.0848. The lowest BCUT2D eigenvalue weighted by Crippen LogP contribution is -2.45. The molecule has 0 saturated heterocycles. The topological polar surface area (TPSA) is 69.6 Å². The maximum absolute atomic E-state index is 12.4. The second kappa shape index (κ2) is 43.0. The Morgan fingerprint density at radius 2 is 0.865 bits per heavy atom. The van der Waals surface area contributed by atoms with Gasteiger partial charge < -0.3 is 15.5 Å². The quantitative estimate of drug-likeness (QED) is 0.0439. The second-order valence-corrected chi connectivity index (χ2v) is 14.4. The first kappa shape index (κ1) is 49.6. The Morgan fingerprint density at radius 3 is 1.35 bits per heavy atom. The molecule has 2 atom stereocenters. The third kappa shape index (κ3) is 38.8. The van der Waals surface area contributed by atoms with E-state index < -0.39 is 12.1 Å². The van der Waals surface area contributed by atoms with Crippen molar-refractivity contribution in [1.29, 1.82) is 0 Å². The van der Waals surface area contributed by atoms with E-state index in [1.54, 1.807) is 6.08 Å². The fourth-order valence-corrected chi connectivity index (χ4v) is 6.04. The van der Waals surface area contributed by atoms with Crippen LogP contribution in [0.4, 0.5) is 0 Å². The first-order valence-corrected chi connectivity index (χ1v) is 21.8. The van der Waals surface area contributed by atoms with Crippen LogP contribution in [0.5, 0.6) is 0 Å².